The van der Waals surface area contributed by atoms with Crippen molar-refractivity contribution < 1.29 is 4.79 Å². The maximum Gasteiger partial charge on any atom is 0.255 e. The van der Waals surface area contributed by atoms with E-state index >= 15 is 0 Å². The number of benzene rings is 1. The molecule has 0 spiro atoms. The molecule has 3 rings (SSSR count). The summed E-state index contributed by atoms with van der Waals surface area (Å²) >= 11 is 11.7. The monoisotopic (exact) mass is 375 g/mol. The van der Waals surface area contributed by atoms with Crippen molar-refractivity contribution in [2.75, 3.05) is 5.32 Å². The lowest BCUT2D eigenvalue weighted by molar-refractivity contribution is 0.102. The van der Waals surface area contributed by atoms with Gasteiger partial charge in [0.1, 0.15) is 10.3 Å². The molecule has 0 radical (unpaired) electrons. The molecule has 2 heterocycles. The van der Waals surface area contributed by atoms with Gasteiger partial charge in [0.25, 0.3) is 5.91 Å². The molecule has 4 nitrogen and oxygen atoms in total. The number of fused-ring (bicyclic) bond motifs is 1. The van der Waals surface area contributed by atoms with E-state index in [1.807, 2.05) is 18.2 Å². The van der Waals surface area contributed by atoms with Crippen LogP contribution in [0, 0.1) is 0 Å². The lowest BCUT2D eigenvalue weighted by atomic mass is 9.86. The number of nitrogens with zero attached hydrogens (tertiary/aromatic N) is 1. The van der Waals surface area contributed by atoms with Crippen LogP contribution < -0.4 is 5.32 Å². The van der Waals surface area contributed by atoms with Gasteiger partial charge in [0, 0.05) is 33.3 Å². The van der Waals surface area contributed by atoms with Gasteiger partial charge in [0.05, 0.1) is 0 Å². The summed E-state index contributed by atoms with van der Waals surface area (Å²) in [6.07, 6.45) is 1.03. The van der Waals surface area contributed by atoms with Crippen molar-refractivity contribution in [3.63, 3.8) is 0 Å². The van der Waals surface area contributed by atoms with Gasteiger partial charge in [-0.1, -0.05) is 44.0 Å². The Morgan fingerprint density at radius 1 is 1.16 bits per heavy atom. The zero-order chi connectivity index (χ0) is 18.2. The third kappa shape index (κ3) is 3.80. The summed E-state index contributed by atoms with van der Waals surface area (Å²) in [5, 5.41) is 4.30. The lowest BCUT2D eigenvalue weighted by Gasteiger charge is -2.20. The van der Waals surface area contributed by atoms with E-state index in [4.69, 9.17) is 23.2 Å². The average Bonchev–Trinajstić information content (AvgIpc) is 2.98. The number of halogens is 2. The number of anilines is 1. The summed E-state index contributed by atoms with van der Waals surface area (Å²) in [7, 11) is 0. The van der Waals surface area contributed by atoms with Crippen LogP contribution in [0.15, 0.2) is 36.4 Å². The van der Waals surface area contributed by atoms with Crippen molar-refractivity contribution in [2.45, 2.75) is 32.6 Å². The van der Waals surface area contributed by atoms with Crippen molar-refractivity contribution in [3.8, 4) is 0 Å². The van der Waals surface area contributed by atoms with Crippen molar-refractivity contribution in [2.24, 2.45) is 0 Å². The minimum Gasteiger partial charge on any atom is -0.358 e. The number of nitrogens with one attached hydrogen (secondary N) is 2. The number of hydrogen-bond donors (Lipinski definition) is 2. The third-order valence-corrected chi connectivity index (χ3v) is 4.90. The second-order valence-corrected chi connectivity index (χ2v) is 7.45. The fraction of sp³-hybridized carbons (Fsp3) is 0.263. The summed E-state index contributed by atoms with van der Waals surface area (Å²) in [5.74, 6) is -0.282. The number of rotatable bonds is 4. The Kier molecular flexibility index (Phi) is 4.76. The second-order valence-electron chi connectivity index (χ2n) is 6.68. The largest absolute Gasteiger partial charge is 0.358 e. The van der Waals surface area contributed by atoms with Crippen LogP contribution in [-0.4, -0.2) is 15.9 Å². The number of carbonyl (C=O) groups is 1. The molecular formula is C19H19Cl2N3O. The highest BCUT2D eigenvalue weighted by atomic mass is 35.5. The quantitative estimate of drug-likeness (QED) is 0.565. The fourth-order valence-electron chi connectivity index (χ4n) is 2.56. The second kappa shape index (κ2) is 6.70. The van der Waals surface area contributed by atoms with E-state index in [1.165, 1.54) is 17.8 Å². The Morgan fingerprint density at radius 3 is 2.48 bits per heavy atom. The maximum atomic E-state index is 12.4. The normalized spacial score (nSPS) is 11.7. The number of aromatic nitrogens is 2. The number of pyridine rings is 1. The van der Waals surface area contributed by atoms with E-state index in [-0.39, 0.29) is 21.6 Å². The SMILES string of the molecule is CCC(C)(C)c1cc2cc(NC(=O)c3cc(Cl)nc(Cl)c3)ccc2[nH]1. The first-order valence-electron chi connectivity index (χ1n) is 8.06. The third-order valence-electron chi connectivity index (χ3n) is 4.52. The predicted molar refractivity (Wildman–Crippen MR) is 104 cm³/mol. The van der Waals surface area contributed by atoms with Crippen LogP contribution in [0.5, 0.6) is 0 Å². The van der Waals surface area contributed by atoms with Crippen molar-refractivity contribution >= 4 is 45.7 Å². The van der Waals surface area contributed by atoms with Gasteiger partial charge in [-0.25, -0.2) is 4.98 Å². The lowest BCUT2D eigenvalue weighted by Crippen LogP contribution is -2.15. The molecular weight excluding hydrogens is 357 g/mol. The minimum absolute atomic E-state index is 0.0764. The number of carbonyl (C=O) groups excluding carboxylic acids is 1. The average molecular weight is 376 g/mol. The van der Waals surface area contributed by atoms with Gasteiger partial charge >= 0.3 is 0 Å². The Balaban J connectivity index is 1.88. The van der Waals surface area contributed by atoms with Crippen LogP contribution in [0.3, 0.4) is 0 Å². The van der Waals surface area contributed by atoms with E-state index in [2.05, 4.69) is 42.1 Å². The van der Waals surface area contributed by atoms with E-state index in [1.54, 1.807) is 0 Å². The zero-order valence-corrected chi connectivity index (χ0v) is 15.8. The molecule has 0 aliphatic rings. The Labute approximate surface area is 156 Å². The fourth-order valence-corrected chi connectivity index (χ4v) is 3.03. The number of hydrogen-bond acceptors (Lipinski definition) is 2. The molecule has 0 atom stereocenters. The highest BCUT2D eigenvalue weighted by Crippen LogP contribution is 2.30. The van der Waals surface area contributed by atoms with Gasteiger partial charge in [-0.2, -0.15) is 0 Å². The van der Waals surface area contributed by atoms with Crippen LogP contribution in [0.4, 0.5) is 5.69 Å². The van der Waals surface area contributed by atoms with E-state index in [9.17, 15) is 4.79 Å². The summed E-state index contributed by atoms with van der Waals surface area (Å²) in [4.78, 5) is 19.7. The summed E-state index contributed by atoms with van der Waals surface area (Å²) in [5.41, 5.74) is 3.38. The summed E-state index contributed by atoms with van der Waals surface area (Å²) in [6, 6.07) is 10.9. The number of aromatic amines is 1. The first-order chi connectivity index (χ1) is 11.8. The molecule has 2 N–H and O–H groups in total. The molecule has 6 heteroatoms. The molecule has 1 amide bonds. The molecule has 0 fully saturated rings. The van der Waals surface area contributed by atoms with Gasteiger partial charge in [-0.15, -0.1) is 0 Å². The Hall–Kier alpha value is -2.04. The minimum atomic E-state index is -0.282. The van der Waals surface area contributed by atoms with Crippen LogP contribution in [-0.2, 0) is 5.41 Å². The van der Waals surface area contributed by atoms with Gasteiger partial charge in [0.2, 0.25) is 0 Å². The van der Waals surface area contributed by atoms with Crippen LogP contribution in [0.2, 0.25) is 10.3 Å². The van der Waals surface area contributed by atoms with Crippen LogP contribution >= 0.6 is 23.2 Å². The van der Waals surface area contributed by atoms with Gasteiger partial charge < -0.3 is 10.3 Å². The Morgan fingerprint density at radius 2 is 1.84 bits per heavy atom. The molecule has 0 bridgehead atoms. The van der Waals surface area contributed by atoms with Crippen LogP contribution in [0.25, 0.3) is 10.9 Å². The first-order valence-corrected chi connectivity index (χ1v) is 8.82. The van der Waals surface area contributed by atoms with Crippen molar-refractivity contribution in [1.82, 2.24) is 9.97 Å². The van der Waals surface area contributed by atoms with Gasteiger partial charge in [-0.05, 0) is 42.8 Å². The first kappa shape index (κ1) is 17.8. The van der Waals surface area contributed by atoms with E-state index < -0.39 is 0 Å². The molecule has 0 saturated carbocycles. The molecule has 0 aliphatic carbocycles. The van der Waals surface area contributed by atoms with E-state index in [0.717, 1.165) is 17.3 Å². The van der Waals surface area contributed by atoms with Crippen molar-refractivity contribution in [3.05, 3.63) is 58.0 Å². The maximum absolute atomic E-state index is 12.4. The van der Waals surface area contributed by atoms with Gasteiger partial charge in [0.15, 0.2) is 0 Å². The molecule has 0 saturated heterocycles. The zero-order valence-electron chi connectivity index (χ0n) is 14.3. The molecule has 1 aromatic carbocycles. The number of amides is 1. The smallest absolute Gasteiger partial charge is 0.255 e. The molecule has 25 heavy (non-hydrogen) atoms. The molecule has 130 valence electrons. The number of H-pyrrole nitrogens is 1. The highest BCUT2D eigenvalue weighted by molar-refractivity contribution is 6.33. The van der Waals surface area contributed by atoms with E-state index in [0.29, 0.717) is 11.3 Å². The van der Waals surface area contributed by atoms with Gasteiger partial charge in [-0.3, -0.25) is 4.79 Å². The molecule has 0 aliphatic heterocycles. The molecule has 3 aromatic rings. The van der Waals surface area contributed by atoms with Crippen molar-refractivity contribution in [1.29, 1.82) is 0 Å². The summed E-state index contributed by atoms with van der Waals surface area (Å²) < 4.78 is 0. The topological polar surface area (TPSA) is 57.8 Å². The molecule has 0 unspecified atom stereocenters. The summed E-state index contributed by atoms with van der Waals surface area (Å²) in [6.45, 7) is 6.58. The molecule has 2 aromatic heterocycles. The highest BCUT2D eigenvalue weighted by Gasteiger charge is 2.20. The standard InChI is InChI=1S/C19H19Cl2N3O/c1-4-19(2,3)15-8-11-7-13(5-6-14(11)23-15)22-18(25)12-9-16(20)24-17(21)10-12/h5-10,23H,4H2,1-3H3,(H,22,25). The van der Waals surface area contributed by atoms with Crippen LogP contribution in [0.1, 0.15) is 43.2 Å². The Bertz CT molecular complexity index is 927. The predicted octanol–water partition coefficient (Wildman–Crippen LogP) is 5.81.